The molecule has 0 radical (unpaired) electrons. The quantitative estimate of drug-likeness (QED) is 0.588. The molecule has 0 fully saturated rings. The number of esters is 1. The Kier molecular flexibility index (Phi) is 6.59. The number of carbonyl (C=O) groups excluding carboxylic acids is 2. The second-order valence-corrected chi connectivity index (χ2v) is 4.80. The molecule has 2 N–H and O–H groups in total. The second kappa shape index (κ2) is 7.96. The molecular formula is C14H19NO3S. The molecule has 5 heteroatoms. The number of ketones is 1. The Balaban J connectivity index is 2.66. The minimum absolute atomic E-state index is 0.0587. The van der Waals surface area contributed by atoms with E-state index in [-0.39, 0.29) is 24.1 Å². The first-order valence-corrected chi connectivity index (χ1v) is 6.75. The van der Waals surface area contributed by atoms with Crippen LogP contribution in [0.5, 0.6) is 0 Å². The van der Waals surface area contributed by atoms with Crippen LogP contribution in [0, 0.1) is 0 Å². The Labute approximate surface area is 118 Å². The molecule has 0 heterocycles. The zero-order chi connectivity index (χ0) is 14.3. The van der Waals surface area contributed by atoms with Gasteiger partial charge in [-0.3, -0.25) is 4.79 Å². The van der Waals surface area contributed by atoms with Crippen LogP contribution in [0.4, 0.5) is 0 Å². The Morgan fingerprint density at radius 3 is 2.47 bits per heavy atom. The van der Waals surface area contributed by atoms with E-state index in [2.05, 4.69) is 12.6 Å². The highest BCUT2D eigenvalue weighted by atomic mass is 32.1. The zero-order valence-electron chi connectivity index (χ0n) is 10.9. The maximum atomic E-state index is 11.5. The summed E-state index contributed by atoms with van der Waals surface area (Å²) in [6.45, 7) is 1.68. The number of rotatable bonds is 7. The number of hydrogen-bond acceptors (Lipinski definition) is 5. The lowest BCUT2D eigenvalue weighted by Crippen LogP contribution is -2.34. The molecule has 0 saturated carbocycles. The molecular weight excluding hydrogens is 262 g/mol. The van der Waals surface area contributed by atoms with Crippen molar-refractivity contribution in [1.82, 2.24) is 0 Å². The van der Waals surface area contributed by atoms with Gasteiger partial charge < -0.3 is 15.3 Å². The molecule has 19 heavy (non-hydrogen) atoms. The molecule has 0 spiro atoms. The Bertz CT molecular complexity index is 422. The summed E-state index contributed by atoms with van der Waals surface area (Å²) in [5.41, 5.74) is 6.50. The van der Waals surface area contributed by atoms with Gasteiger partial charge in [-0.1, -0.05) is 30.3 Å². The SMILES string of the molecule is CC(=O)C[C@H](COC(=O)[C@@H](N)CS)c1ccccc1. The summed E-state index contributed by atoms with van der Waals surface area (Å²) < 4.78 is 5.15. The van der Waals surface area contributed by atoms with E-state index in [0.29, 0.717) is 6.42 Å². The number of ether oxygens (including phenoxy) is 1. The topological polar surface area (TPSA) is 69.4 Å². The summed E-state index contributed by atoms with van der Waals surface area (Å²) in [6, 6.07) is 8.79. The largest absolute Gasteiger partial charge is 0.464 e. The van der Waals surface area contributed by atoms with Crippen LogP contribution in [0.3, 0.4) is 0 Å². The number of benzene rings is 1. The maximum Gasteiger partial charge on any atom is 0.323 e. The lowest BCUT2D eigenvalue weighted by atomic mass is 9.95. The fraction of sp³-hybridized carbons (Fsp3) is 0.429. The standard InChI is InChI=1S/C14H19NO3S/c1-10(16)7-12(11-5-3-2-4-6-11)8-18-14(17)13(15)9-19/h2-6,12-13,19H,7-9,15H2,1H3/t12-,13+/m1/s1. The van der Waals surface area contributed by atoms with Crippen LogP contribution >= 0.6 is 12.6 Å². The summed E-state index contributed by atoms with van der Waals surface area (Å²) in [5.74, 6) is -0.320. The molecule has 1 rings (SSSR count). The van der Waals surface area contributed by atoms with Crippen LogP contribution in [0.25, 0.3) is 0 Å². The van der Waals surface area contributed by atoms with Crippen molar-refractivity contribution in [1.29, 1.82) is 0 Å². The van der Waals surface area contributed by atoms with Gasteiger partial charge in [-0.25, -0.2) is 0 Å². The van der Waals surface area contributed by atoms with Crippen molar-refractivity contribution in [3.8, 4) is 0 Å². The first-order valence-electron chi connectivity index (χ1n) is 6.12. The number of nitrogens with two attached hydrogens (primary N) is 1. The molecule has 2 atom stereocenters. The molecule has 0 unspecified atom stereocenters. The van der Waals surface area contributed by atoms with Crippen LogP contribution in [0.1, 0.15) is 24.8 Å². The lowest BCUT2D eigenvalue weighted by Gasteiger charge is -2.17. The molecule has 104 valence electrons. The van der Waals surface area contributed by atoms with E-state index in [4.69, 9.17) is 10.5 Å². The van der Waals surface area contributed by atoms with Gasteiger partial charge in [0.2, 0.25) is 0 Å². The number of carbonyl (C=O) groups is 2. The van der Waals surface area contributed by atoms with Gasteiger partial charge in [-0.15, -0.1) is 0 Å². The summed E-state index contributed by atoms with van der Waals surface area (Å²) in [7, 11) is 0. The summed E-state index contributed by atoms with van der Waals surface area (Å²) in [4.78, 5) is 22.8. The Morgan fingerprint density at radius 1 is 1.32 bits per heavy atom. The highest BCUT2D eigenvalue weighted by Gasteiger charge is 2.19. The van der Waals surface area contributed by atoms with E-state index in [0.717, 1.165) is 5.56 Å². The first-order chi connectivity index (χ1) is 9.04. The zero-order valence-corrected chi connectivity index (χ0v) is 11.8. The predicted molar refractivity (Wildman–Crippen MR) is 77.3 cm³/mol. The van der Waals surface area contributed by atoms with Crippen molar-refractivity contribution in [3.63, 3.8) is 0 Å². The van der Waals surface area contributed by atoms with Crippen molar-refractivity contribution >= 4 is 24.4 Å². The predicted octanol–water partition coefficient (Wildman–Crippen LogP) is 1.55. The van der Waals surface area contributed by atoms with Gasteiger partial charge in [0, 0.05) is 18.1 Å². The third kappa shape index (κ3) is 5.44. The third-order valence-electron chi connectivity index (χ3n) is 2.73. The molecule has 0 aromatic heterocycles. The molecule has 0 aliphatic heterocycles. The highest BCUT2D eigenvalue weighted by Crippen LogP contribution is 2.20. The van der Waals surface area contributed by atoms with E-state index in [9.17, 15) is 9.59 Å². The van der Waals surface area contributed by atoms with Gasteiger partial charge in [0.25, 0.3) is 0 Å². The van der Waals surface area contributed by atoms with E-state index in [1.54, 1.807) is 0 Å². The molecule has 4 nitrogen and oxygen atoms in total. The number of thiol groups is 1. The lowest BCUT2D eigenvalue weighted by molar-refractivity contribution is -0.145. The average molecular weight is 281 g/mol. The van der Waals surface area contributed by atoms with Gasteiger partial charge in [0.05, 0.1) is 6.61 Å². The van der Waals surface area contributed by atoms with Crippen molar-refractivity contribution in [2.24, 2.45) is 5.73 Å². The van der Waals surface area contributed by atoms with Gasteiger partial charge in [0.15, 0.2) is 0 Å². The number of hydrogen-bond donors (Lipinski definition) is 2. The van der Waals surface area contributed by atoms with Crippen LogP contribution in [-0.4, -0.2) is 30.2 Å². The van der Waals surface area contributed by atoms with Crippen molar-refractivity contribution in [2.45, 2.75) is 25.3 Å². The van der Waals surface area contributed by atoms with Crippen LogP contribution < -0.4 is 5.73 Å². The highest BCUT2D eigenvalue weighted by molar-refractivity contribution is 7.80. The smallest absolute Gasteiger partial charge is 0.323 e. The van der Waals surface area contributed by atoms with Crippen LogP contribution in [0.2, 0.25) is 0 Å². The second-order valence-electron chi connectivity index (χ2n) is 4.43. The Morgan fingerprint density at radius 2 is 1.95 bits per heavy atom. The fourth-order valence-corrected chi connectivity index (χ4v) is 1.86. The van der Waals surface area contributed by atoms with E-state index < -0.39 is 12.0 Å². The van der Waals surface area contributed by atoms with Crippen molar-refractivity contribution in [3.05, 3.63) is 35.9 Å². The van der Waals surface area contributed by atoms with Gasteiger partial charge >= 0.3 is 5.97 Å². The average Bonchev–Trinajstić information content (AvgIpc) is 2.42. The normalized spacial score (nSPS) is 13.6. The molecule has 0 aliphatic carbocycles. The summed E-state index contributed by atoms with van der Waals surface area (Å²) in [5, 5.41) is 0. The monoisotopic (exact) mass is 281 g/mol. The molecule has 1 aromatic rings. The number of Topliss-reactive ketones (excluding diaryl/α,β-unsaturated/α-hetero) is 1. The van der Waals surface area contributed by atoms with Crippen LogP contribution in [0.15, 0.2) is 30.3 Å². The third-order valence-corrected chi connectivity index (χ3v) is 3.12. The van der Waals surface area contributed by atoms with Gasteiger partial charge in [-0.2, -0.15) is 12.6 Å². The van der Waals surface area contributed by atoms with Crippen LogP contribution in [-0.2, 0) is 14.3 Å². The van der Waals surface area contributed by atoms with Gasteiger partial charge in [-0.05, 0) is 12.5 Å². The molecule has 0 bridgehead atoms. The molecule has 0 amide bonds. The summed E-state index contributed by atoms with van der Waals surface area (Å²) >= 11 is 3.95. The van der Waals surface area contributed by atoms with E-state index in [1.807, 2.05) is 30.3 Å². The summed E-state index contributed by atoms with van der Waals surface area (Å²) in [6.07, 6.45) is 0.341. The van der Waals surface area contributed by atoms with E-state index in [1.165, 1.54) is 6.92 Å². The minimum Gasteiger partial charge on any atom is -0.464 e. The first kappa shape index (κ1) is 15.7. The molecule has 0 saturated heterocycles. The van der Waals surface area contributed by atoms with Gasteiger partial charge in [0.1, 0.15) is 11.8 Å². The van der Waals surface area contributed by atoms with E-state index >= 15 is 0 Å². The molecule has 1 aromatic carbocycles. The van der Waals surface area contributed by atoms with Crippen molar-refractivity contribution < 1.29 is 14.3 Å². The maximum absolute atomic E-state index is 11.5. The molecule has 0 aliphatic rings. The van der Waals surface area contributed by atoms with Crippen molar-refractivity contribution in [2.75, 3.05) is 12.4 Å². The Hall–Kier alpha value is -1.33. The minimum atomic E-state index is -0.725. The fourth-order valence-electron chi connectivity index (χ4n) is 1.71.